The molecule has 4 N–H and O–H groups in total. The maximum absolute atomic E-state index is 11.7. The van der Waals surface area contributed by atoms with Gasteiger partial charge < -0.3 is 15.4 Å². The van der Waals surface area contributed by atoms with Gasteiger partial charge in [-0.1, -0.05) is 0 Å². The molecule has 0 saturated carbocycles. The van der Waals surface area contributed by atoms with E-state index in [0.29, 0.717) is 5.69 Å². The Labute approximate surface area is 101 Å². The van der Waals surface area contributed by atoms with Gasteiger partial charge in [-0.2, -0.15) is 5.10 Å². The van der Waals surface area contributed by atoms with E-state index < -0.39 is 17.9 Å². The topological polar surface area (TPSA) is 124 Å². The standard InChI is InChI=1S/C10H11N5O3/c16-9(6-2-13-14-3-6)15-8(10(17)18)1-7-4-11-5-12-7/h2-5,8H,1H2,(H,11,12)(H,13,14)(H,15,16)(H,17,18)/t8-/m0/s1. The number of aromatic amines is 2. The lowest BCUT2D eigenvalue weighted by Crippen LogP contribution is -2.42. The van der Waals surface area contributed by atoms with Crippen molar-refractivity contribution < 1.29 is 14.7 Å². The molecule has 2 rings (SSSR count). The van der Waals surface area contributed by atoms with Gasteiger partial charge in [0.25, 0.3) is 5.91 Å². The molecule has 0 spiro atoms. The fourth-order valence-corrected chi connectivity index (χ4v) is 1.43. The van der Waals surface area contributed by atoms with E-state index in [2.05, 4.69) is 25.5 Å². The molecular weight excluding hydrogens is 238 g/mol. The molecule has 0 fully saturated rings. The van der Waals surface area contributed by atoms with Crippen molar-refractivity contribution in [2.45, 2.75) is 12.5 Å². The molecule has 0 aliphatic heterocycles. The second kappa shape index (κ2) is 5.13. The van der Waals surface area contributed by atoms with Gasteiger partial charge in [0.05, 0.1) is 18.1 Å². The molecule has 1 amide bonds. The van der Waals surface area contributed by atoms with E-state index in [9.17, 15) is 9.59 Å². The van der Waals surface area contributed by atoms with Crippen LogP contribution in [0.15, 0.2) is 24.9 Å². The van der Waals surface area contributed by atoms with Crippen molar-refractivity contribution >= 4 is 11.9 Å². The van der Waals surface area contributed by atoms with Crippen LogP contribution < -0.4 is 5.32 Å². The average Bonchev–Trinajstić information content (AvgIpc) is 3.00. The summed E-state index contributed by atoms with van der Waals surface area (Å²) in [5, 5.41) is 17.6. The van der Waals surface area contributed by atoms with Crippen LogP contribution in [0.2, 0.25) is 0 Å². The molecule has 8 heteroatoms. The summed E-state index contributed by atoms with van der Waals surface area (Å²) in [6.07, 6.45) is 5.82. The highest BCUT2D eigenvalue weighted by Crippen LogP contribution is 2.01. The number of nitrogens with zero attached hydrogens (tertiary/aromatic N) is 2. The third-order valence-corrected chi connectivity index (χ3v) is 2.34. The van der Waals surface area contributed by atoms with Crippen LogP contribution in [0.3, 0.4) is 0 Å². The molecule has 0 unspecified atom stereocenters. The first kappa shape index (κ1) is 11.8. The normalized spacial score (nSPS) is 12.0. The van der Waals surface area contributed by atoms with E-state index >= 15 is 0 Å². The number of carboxylic acid groups (broad SMARTS) is 1. The fraction of sp³-hybridized carbons (Fsp3) is 0.200. The number of carboxylic acids is 1. The lowest BCUT2D eigenvalue weighted by Gasteiger charge is -2.12. The van der Waals surface area contributed by atoms with Crippen molar-refractivity contribution in [3.8, 4) is 0 Å². The number of hydrogen-bond donors (Lipinski definition) is 4. The maximum Gasteiger partial charge on any atom is 0.326 e. The van der Waals surface area contributed by atoms with Crippen LogP contribution in [-0.4, -0.2) is 43.2 Å². The summed E-state index contributed by atoms with van der Waals surface area (Å²) in [4.78, 5) is 29.3. The Kier molecular flexibility index (Phi) is 3.37. The number of carbonyl (C=O) groups excluding carboxylic acids is 1. The van der Waals surface area contributed by atoms with Crippen LogP contribution in [0.4, 0.5) is 0 Å². The number of H-pyrrole nitrogens is 2. The summed E-state index contributed by atoms with van der Waals surface area (Å²) >= 11 is 0. The van der Waals surface area contributed by atoms with Gasteiger partial charge in [0, 0.05) is 24.5 Å². The number of imidazole rings is 1. The third kappa shape index (κ3) is 2.73. The van der Waals surface area contributed by atoms with Crippen molar-refractivity contribution in [1.29, 1.82) is 0 Å². The number of nitrogens with one attached hydrogen (secondary N) is 3. The predicted molar refractivity (Wildman–Crippen MR) is 59.8 cm³/mol. The van der Waals surface area contributed by atoms with E-state index in [4.69, 9.17) is 5.11 Å². The number of rotatable bonds is 5. The second-order valence-electron chi connectivity index (χ2n) is 3.63. The Morgan fingerprint density at radius 3 is 2.83 bits per heavy atom. The average molecular weight is 249 g/mol. The minimum Gasteiger partial charge on any atom is -0.480 e. The number of hydrogen-bond acceptors (Lipinski definition) is 4. The van der Waals surface area contributed by atoms with Crippen molar-refractivity contribution in [2.75, 3.05) is 0 Å². The summed E-state index contributed by atoms with van der Waals surface area (Å²) in [5.41, 5.74) is 0.917. The molecule has 0 saturated heterocycles. The van der Waals surface area contributed by atoms with Gasteiger partial charge in [0.1, 0.15) is 6.04 Å². The second-order valence-corrected chi connectivity index (χ2v) is 3.63. The lowest BCUT2D eigenvalue weighted by molar-refractivity contribution is -0.139. The number of aromatic nitrogens is 4. The Morgan fingerprint density at radius 2 is 2.28 bits per heavy atom. The van der Waals surface area contributed by atoms with Crippen molar-refractivity contribution in [3.63, 3.8) is 0 Å². The van der Waals surface area contributed by atoms with Gasteiger partial charge >= 0.3 is 5.97 Å². The lowest BCUT2D eigenvalue weighted by atomic mass is 10.1. The molecule has 2 aromatic heterocycles. The molecular formula is C10H11N5O3. The molecule has 0 aliphatic rings. The Hall–Kier alpha value is -2.64. The smallest absolute Gasteiger partial charge is 0.326 e. The van der Waals surface area contributed by atoms with Crippen molar-refractivity contribution in [3.05, 3.63) is 36.2 Å². The summed E-state index contributed by atoms with van der Waals surface area (Å²) in [5.74, 6) is -1.60. The first-order valence-electron chi connectivity index (χ1n) is 5.16. The highest BCUT2D eigenvalue weighted by Gasteiger charge is 2.21. The molecule has 0 bridgehead atoms. The zero-order valence-electron chi connectivity index (χ0n) is 9.25. The molecule has 1 atom stereocenters. The van der Waals surface area contributed by atoms with Crippen LogP contribution in [0.5, 0.6) is 0 Å². The monoisotopic (exact) mass is 249 g/mol. The molecule has 18 heavy (non-hydrogen) atoms. The predicted octanol–water partition coefficient (Wildman–Crippen LogP) is -0.442. The minimum absolute atomic E-state index is 0.138. The highest BCUT2D eigenvalue weighted by molar-refractivity contribution is 5.96. The van der Waals surface area contributed by atoms with Gasteiger partial charge in [0.2, 0.25) is 0 Å². The van der Waals surface area contributed by atoms with Crippen LogP contribution in [-0.2, 0) is 11.2 Å². The third-order valence-electron chi connectivity index (χ3n) is 2.34. The van der Waals surface area contributed by atoms with Gasteiger partial charge in [-0.3, -0.25) is 9.89 Å². The quantitative estimate of drug-likeness (QED) is 0.571. The molecule has 8 nitrogen and oxygen atoms in total. The zero-order chi connectivity index (χ0) is 13.0. The van der Waals surface area contributed by atoms with Gasteiger partial charge in [0.15, 0.2) is 0 Å². The van der Waals surface area contributed by atoms with E-state index in [0.717, 1.165) is 0 Å². The van der Waals surface area contributed by atoms with E-state index in [1.165, 1.54) is 24.9 Å². The van der Waals surface area contributed by atoms with Crippen LogP contribution in [0, 0.1) is 0 Å². The largest absolute Gasteiger partial charge is 0.480 e. The SMILES string of the molecule is O=C(N[C@@H](Cc1cnc[nH]1)C(=O)O)c1cn[nH]c1. The Bertz CT molecular complexity index is 520. The van der Waals surface area contributed by atoms with E-state index in [-0.39, 0.29) is 12.0 Å². The van der Waals surface area contributed by atoms with Gasteiger partial charge in [-0.25, -0.2) is 9.78 Å². The van der Waals surface area contributed by atoms with Crippen molar-refractivity contribution in [2.24, 2.45) is 0 Å². The summed E-state index contributed by atoms with van der Waals surface area (Å²) in [6, 6.07) is -1.02. The molecule has 0 aromatic carbocycles. The first-order valence-corrected chi connectivity index (χ1v) is 5.16. The van der Waals surface area contributed by atoms with Crippen LogP contribution in [0.25, 0.3) is 0 Å². The molecule has 0 radical (unpaired) electrons. The molecule has 2 aromatic rings. The number of amides is 1. The summed E-state index contributed by atoms with van der Waals surface area (Å²) < 4.78 is 0. The minimum atomic E-state index is -1.11. The Morgan fingerprint density at radius 1 is 1.44 bits per heavy atom. The molecule has 2 heterocycles. The van der Waals surface area contributed by atoms with Crippen LogP contribution >= 0.6 is 0 Å². The van der Waals surface area contributed by atoms with Crippen LogP contribution in [0.1, 0.15) is 16.1 Å². The Balaban J connectivity index is 2.03. The number of carbonyl (C=O) groups is 2. The van der Waals surface area contributed by atoms with E-state index in [1.807, 2.05) is 0 Å². The van der Waals surface area contributed by atoms with E-state index in [1.54, 1.807) is 0 Å². The van der Waals surface area contributed by atoms with Crippen molar-refractivity contribution in [1.82, 2.24) is 25.5 Å². The maximum atomic E-state index is 11.7. The summed E-state index contributed by atoms with van der Waals surface area (Å²) in [7, 11) is 0. The molecule has 94 valence electrons. The summed E-state index contributed by atoms with van der Waals surface area (Å²) in [6.45, 7) is 0. The van der Waals surface area contributed by atoms with Gasteiger partial charge in [-0.05, 0) is 0 Å². The number of aliphatic carboxylic acids is 1. The zero-order valence-corrected chi connectivity index (χ0v) is 9.25. The highest BCUT2D eigenvalue weighted by atomic mass is 16.4. The first-order chi connectivity index (χ1) is 8.66. The fourth-order valence-electron chi connectivity index (χ4n) is 1.43. The van der Waals surface area contributed by atoms with Gasteiger partial charge in [-0.15, -0.1) is 0 Å². The molecule has 0 aliphatic carbocycles.